The normalized spacial score (nSPS) is 10.2. The molecule has 0 radical (unpaired) electrons. The fourth-order valence-corrected chi connectivity index (χ4v) is 1.84. The Hall–Kier alpha value is -2.17. The van der Waals surface area contributed by atoms with E-state index in [9.17, 15) is 0 Å². The largest absolute Gasteiger partial charge is 0.493 e. The van der Waals surface area contributed by atoms with E-state index >= 15 is 0 Å². The van der Waals surface area contributed by atoms with Crippen molar-refractivity contribution in [1.29, 1.82) is 0 Å². The third-order valence-corrected chi connectivity index (χ3v) is 2.66. The van der Waals surface area contributed by atoms with E-state index in [2.05, 4.69) is 5.16 Å². The Morgan fingerprint density at radius 3 is 2.39 bits per heavy atom. The van der Waals surface area contributed by atoms with Gasteiger partial charge in [0.1, 0.15) is 6.26 Å². The van der Waals surface area contributed by atoms with Crippen LogP contribution in [0.5, 0.6) is 17.2 Å². The Morgan fingerprint density at radius 2 is 1.83 bits per heavy atom. The van der Waals surface area contributed by atoms with E-state index in [0.717, 1.165) is 11.1 Å². The minimum absolute atomic E-state index is 0.592. The minimum atomic E-state index is 0.592. The fourth-order valence-electron chi connectivity index (χ4n) is 1.84. The summed E-state index contributed by atoms with van der Waals surface area (Å²) in [5, 5.41) is 3.68. The lowest BCUT2D eigenvalue weighted by Crippen LogP contribution is -1.99. The monoisotopic (exact) mass is 249 g/mol. The van der Waals surface area contributed by atoms with Gasteiger partial charge in [-0.15, -0.1) is 0 Å². The first-order valence-electron chi connectivity index (χ1n) is 5.46. The van der Waals surface area contributed by atoms with Crippen LogP contribution in [0.15, 0.2) is 29.1 Å². The van der Waals surface area contributed by atoms with E-state index in [1.807, 2.05) is 12.1 Å². The maximum atomic E-state index is 5.40. The van der Waals surface area contributed by atoms with Gasteiger partial charge in [0, 0.05) is 17.5 Å². The molecule has 0 saturated carbocycles. The molecule has 0 aliphatic heterocycles. The van der Waals surface area contributed by atoms with Crippen LogP contribution in [0.3, 0.4) is 0 Å². The highest BCUT2D eigenvalue weighted by molar-refractivity contribution is 5.56. The quantitative estimate of drug-likeness (QED) is 0.813. The van der Waals surface area contributed by atoms with Crippen LogP contribution in [0.4, 0.5) is 0 Å². The summed E-state index contributed by atoms with van der Waals surface area (Å²) in [6, 6.07) is 3.79. The summed E-state index contributed by atoms with van der Waals surface area (Å²) < 4.78 is 20.8. The first-order chi connectivity index (χ1) is 8.80. The van der Waals surface area contributed by atoms with Gasteiger partial charge in [-0.3, -0.25) is 0 Å². The molecule has 5 nitrogen and oxygen atoms in total. The summed E-state index contributed by atoms with van der Waals surface area (Å²) in [5.41, 5.74) is 1.96. The number of ether oxygens (including phenoxy) is 3. The molecule has 0 aliphatic carbocycles. The molecule has 0 bridgehead atoms. The molecule has 1 aromatic carbocycles. The Kier molecular flexibility index (Phi) is 3.72. The zero-order chi connectivity index (χ0) is 13.0. The Balaban J connectivity index is 2.41. The van der Waals surface area contributed by atoms with Crippen molar-refractivity contribution >= 4 is 0 Å². The van der Waals surface area contributed by atoms with Crippen LogP contribution in [0, 0.1) is 0 Å². The lowest BCUT2D eigenvalue weighted by Gasteiger charge is -2.15. The Bertz CT molecular complexity index is 508. The SMILES string of the molecule is COc1ccc(Cc2cnoc2)c(OC)c1OC. The predicted octanol–water partition coefficient (Wildman–Crippen LogP) is 2.29. The summed E-state index contributed by atoms with van der Waals surface area (Å²) in [6.45, 7) is 0. The highest BCUT2D eigenvalue weighted by atomic mass is 16.5. The molecule has 0 atom stereocenters. The number of nitrogens with zero attached hydrogens (tertiary/aromatic N) is 1. The highest BCUT2D eigenvalue weighted by Gasteiger charge is 2.16. The molecular formula is C13H15NO4. The van der Waals surface area contributed by atoms with Crippen molar-refractivity contribution in [2.45, 2.75) is 6.42 Å². The van der Waals surface area contributed by atoms with Crippen molar-refractivity contribution in [2.75, 3.05) is 21.3 Å². The molecular weight excluding hydrogens is 234 g/mol. The van der Waals surface area contributed by atoms with Crippen LogP contribution in [0.1, 0.15) is 11.1 Å². The van der Waals surface area contributed by atoms with Gasteiger partial charge in [0.2, 0.25) is 5.75 Å². The van der Waals surface area contributed by atoms with E-state index in [-0.39, 0.29) is 0 Å². The van der Waals surface area contributed by atoms with E-state index in [4.69, 9.17) is 18.7 Å². The van der Waals surface area contributed by atoms with Crippen LogP contribution in [-0.2, 0) is 6.42 Å². The van der Waals surface area contributed by atoms with Crippen molar-refractivity contribution in [3.8, 4) is 17.2 Å². The van der Waals surface area contributed by atoms with Crippen LogP contribution in [0.25, 0.3) is 0 Å². The first-order valence-corrected chi connectivity index (χ1v) is 5.46. The van der Waals surface area contributed by atoms with Gasteiger partial charge in [0.25, 0.3) is 0 Å². The van der Waals surface area contributed by atoms with Gasteiger partial charge in [0.05, 0.1) is 27.5 Å². The summed E-state index contributed by atoms with van der Waals surface area (Å²) >= 11 is 0. The van der Waals surface area contributed by atoms with Gasteiger partial charge < -0.3 is 18.7 Å². The lowest BCUT2D eigenvalue weighted by atomic mass is 10.1. The topological polar surface area (TPSA) is 53.7 Å². The third-order valence-electron chi connectivity index (χ3n) is 2.66. The van der Waals surface area contributed by atoms with Gasteiger partial charge in [0.15, 0.2) is 11.5 Å². The van der Waals surface area contributed by atoms with E-state index in [0.29, 0.717) is 23.7 Å². The molecule has 0 amide bonds. The number of methoxy groups -OCH3 is 3. The van der Waals surface area contributed by atoms with Crippen molar-refractivity contribution in [2.24, 2.45) is 0 Å². The Morgan fingerprint density at radius 1 is 1.06 bits per heavy atom. The molecule has 0 aliphatic rings. The molecule has 2 rings (SSSR count). The second-order valence-corrected chi connectivity index (χ2v) is 3.70. The van der Waals surface area contributed by atoms with Gasteiger partial charge >= 0.3 is 0 Å². The lowest BCUT2D eigenvalue weighted by molar-refractivity contribution is 0.322. The van der Waals surface area contributed by atoms with Crippen molar-refractivity contribution in [3.63, 3.8) is 0 Å². The molecule has 0 saturated heterocycles. The zero-order valence-corrected chi connectivity index (χ0v) is 10.6. The Labute approximate surface area is 105 Å². The predicted molar refractivity (Wildman–Crippen MR) is 65.4 cm³/mol. The van der Waals surface area contributed by atoms with Crippen LogP contribution < -0.4 is 14.2 Å². The number of benzene rings is 1. The number of rotatable bonds is 5. The summed E-state index contributed by atoms with van der Waals surface area (Å²) in [4.78, 5) is 0. The molecule has 96 valence electrons. The highest BCUT2D eigenvalue weighted by Crippen LogP contribution is 2.40. The number of aromatic nitrogens is 1. The summed E-state index contributed by atoms with van der Waals surface area (Å²) in [5.74, 6) is 1.90. The molecule has 0 fully saturated rings. The molecule has 18 heavy (non-hydrogen) atoms. The number of hydrogen-bond donors (Lipinski definition) is 0. The van der Waals surface area contributed by atoms with E-state index in [1.54, 1.807) is 33.8 Å². The standard InChI is InChI=1S/C13H15NO4/c1-15-11-5-4-10(6-9-7-14-18-8-9)12(16-2)13(11)17-3/h4-5,7-8H,6H2,1-3H3. The molecule has 1 heterocycles. The summed E-state index contributed by atoms with van der Waals surface area (Å²) in [7, 11) is 4.79. The van der Waals surface area contributed by atoms with Gasteiger partial charge in [-0.25, -0.2) is 0 Å². The molecule has 0 unspecified atom stereocenters. The second kappa shape index (κ2) is 5.44. The molecule has 0 spiro atoms. The van der Waals surface area contributed by atoms with Gasteiger partial charge in [-0.1, -0.05) is 11.2 Å². The second-order valence-electron chi connectivity index (χ2n) is 3.70. The fraction of sp³-hybridized carbons (Fsp3) is 0.308. The maximum absolute atomic E-state index is 5.40. The van der Waals surface area contributed by atoms with Crippen LogP contribution in [0.2, 0.25) is 0 Å². The van der Waals surface area contributed by atoms with Crippen molar-refractivity contribution in [1.82, 2.24) is 5.16 Å². The average Bonchev–Trinajstić information content (AvgIpc) is 2.90. The third kappa shape index (κ3) is 2.25. The van der Waals surface area contributed by atoms with Crippen LogP contribution >= 0.6 is 0 Å². The van der Waals surface area contributed by atoms with E-state index in [1.165, 1.54) is 0 Å². The number of hydrogen-bond acceptors (Lipinski definition) is 5. The zero-order valence-electron chi connectivity index (χ0n) is 10.6. The molecule has 5 heteroatoms. The minimum Gasteiger partial charge on any atom is -0.493 e. The smallest absolute Gasteiger partial charge is 0.203 e. The van der Waals surface area contributed by atoms with Crippen molar-refractivity contribution < 1.29 is 18.7 Å². The van der Waals surface area contributed by atoms with Crippen LogP contribution in [-0.4, -0.2) is 26.5 Å². The van der Waals surface area contributed by atoms with Crippen molar-refractivity contribution in [3.05, 3.63) is 35.7 Å². The molecule has 2 aromatic rings. The maximum Gasteiger partial charge on any atom is 0.203 e. The van der Waals surface area contributed by atoms with Gasteiger partial charge in [-0.2, -0.15) is 0 Å². The van der Waals surface area contributed by atoms with E-state index < -0.39 is 0 Å². The average molecular weight is 249 g/mol. The molecule has 1 aromatic heterocycles. The first kappa shape index (κ1) is 12.3. The molecule has 0 N–H and O–H groups in total. The van der Waals surface area contributed by atoms with Gasteiger partial charge in [-0.05, 0) is 6.07 Å². The summed E-state index contributed by atoms with van der Waals surface area (Å²) in [6.07, 6.45) is 3.94.